The van der Waals surface area contributed by atoms with Crippen LogP contribution in [0.25, 0.3) is 0 Å². The predicted molar refractivity (Wildman–Crippen MR) is 93.3 cm³/mol. The maximum atomic E-state index is 6.10. The first kappa shape index (κ1) is 17.8. The Labute approximate surface area is 139 Å². The molecule has 1 saturated heterocycles. The summed E-state index contributed by atoms with van der Waals surface area (Å²) in [6.45, 7) is 7.27. The summed E-state index contributed by atoms with van der Waals surface area (Å²) in [5.41, 5.74) is 8.42. The number of nitrogens with two attached hydrogens (primary N) is 1. The van der Waals surface area contributed by atoms with E-state index in [1.807, 2.05) is 13.0 Å². The highest BCUT2D eigenvalue weighted by Gasteiger charge is 2.11. The minimum absolute atomic E-state index is 0.603. The number of aliphatic imine (C=N–C) groups is 1. The highest BCUT2D eigenvalue weighted by atomic mass is 16.5. The van der Waals surface area contributed by atoms with Crippen LogP contribution in [0.15, 0.2) is 29.3 Å². The second kappa shape index (κ2) is 10.2. The standard InChI is InChI=1S/C18H29N3O2/c1-2-22-11-12-23-15-17-8-6-7-16(13-17)14-20-18(19)21-9-4-3-5-10-21/h6-8,13H,2-5,9-12,14-15H2,1H3,(H2,19,20). The van der Waals surface area contributed by atoms with E-state index in [9.17, 15) is 0 Å². The van der Waals surface area contributed by atoms with Crippen molar-refractivity contribution in [1.29, 1.82) is 0 Å². The summed E-state index contributed by atoms with van der Waals surface area (Å²) in [6, 6.07) is 8.33. The molecule has 1 aliphatic rings. The fourth-order valence-electron chi connectivity index (χ4n) is 2.67. The zero-order valence-corrected chi connectivity index (χ0v) is 14.2. The lowest BCUT2D eigenvalue weighted by Gasteiger charge is -2.27. The molecule has 0 bridgehead atoms. The molecule has 0 unspecified atom stereocenters. The molecule has 1 aromatic carbocycles. The Morgan fingerprint density at radius 2 is 1.87 bits per heavy atom. The number of likely N-dealkylation sites (tertiary alicyclic amines) is 1. The first-order chi connectivity index (χ1) is 11.3. The topological polar surface area (TPSA) is 60.1 Å². The van der Waals surface area contributed by atoms with E-state index in [1.54, 1.807) is 0 Å². The highest BCUT2D eigenvalue weighted by molar-refractivity contribution is 5.78. The third kappa shape index (κ3) is 6.59. The molecule has 0 aliphatic carbocycles. The lowest BCUT2D eigenvalue weighted by Crippen LogP contribution is -2.40. The van der Waals surface area contributed by atoms with Gasteiger partial charge in [0, 0.05) is 19.7 Å². The molecule has 0 aromatic heterocycles. The SMILES string of the molecule is CCOCCOCc1cccc(CN=C(N)N2CCCCC2)c1. The fraction of sp³-hybridized carbons (Fsp3) is 0.611. The zero-order chi connectivity index (χ0) is 16.3. The molecule has 1 aromatic rings. The Hall–Kier alpha value is -1.59. The normalized spacial score (nSPS) is 15.9. The molecular formula is C18H29N3O2. The zero-order valence-electron chi connectivity index (χ0n) is 14.2. The molecule has 1 fully saturated rings. The average molecular weight is 319 g/mol. The molecule has 128 valence electrons. The van der Waals surface area contributed by atoms with Crippen molar-refractivity contribution in [3.05, 3.63) is 35.4 Å². The molecule has 23 heavy (non-hydrogen) atoms. The minimum atomic E-state index is 0.603. The first-order valence-corrected chi connectivity index (χ1v) is 8.57. The van der Waals surface area contributed by atoms with Crippen molar-refractivity contribution in [1.82, 2.24) is 4.90 Å². The predicted octanol–water partition coefficient (Wildman–Crippen LogP) is 2.54. The van der Waals surface area contributed by atoms with Gasteiger partial charge in [-0.05, 0) is 37.3 Å². The number of rotatable bonds is 8. The van der Waals surface area contributed by atoms with Crippen LogP contribution in [0, 0.1) is 0 Å². The molecule has 1 heterocycles. The molecule has 5 nitrogen and oxygen atoms in total. The summed E-state index contributed by atoms with van der Waals surface area (Å²) < 4.78 is 10.9. The summed E-state index contributed by atoms with van der Waals surface area (Å²) >= 11 is 0. The van der Waals surface area contributed by atoms with Gasteiger partial charge < -0.3 is 20.1 Å². The number of piperidine rings is 1. The van der Waals surface area contributed by atoms with Crippen molar-refractivity contribution in [2.45, 2.75) is 39.3 Å². The van der Waals surface area contributed by atoms with Crippen LogP contribution < -0.4 is 5.73 Å². The second-order valence-electron chi connectivity index (χ2n) is 5.79. The van der Waals surface area contributed by atoms with Gasteiger partial charge in [-0.2, -0.15) is 0 Å². The van der Waals surface area contributed by atoms with Gasteiger partial charge in [0.1, 0.15) is 0 Å². The number of benzene rings is 1. The molecule has 2 rings (SSSR count). The quantitative estimate of drug-likeness (QED) is 0.454. The van der Waals surface area contributed by atoms with Crippen LogP contribution in [0.5, 0.6) is 0 Å². The van der Waals surface area contributed by atoms with Crippen LogP contribution in [0.4, 0.5) is 0 Å². The Morgan fingerprint density at radius 3 is 2.65 bits per heavy atom. The number of nitrogens with zero attached hydrogens (tertiary/aromatic N) is 2. The third-order valence-corrected chi connectivity index (χ3v) is 3.94. The van der Waals surface area contributed by atoms with E-state index in [4.69, 9.17) is 15.2 Å². The van der Waals surface area contributed by atoms with Gasteiger partial charge in [0.25, 0.3) is 0 Å². The Morgan fingerprint density at radius 1 is 1.13 bits per heavy atom. The van der Waals surface area contributed by atoms with E-state index in [-0.39, 0.29) is 0 Å². The van der Waals surface area contributed by atoms with Crippen LogP contribution in [0.1, 0.15) is 37.3 Å². The Bertz CT molecular complexity index is 485. The van der Waals surface area contributed by atoms with E-state index in [2.05, 4.69) is 28.1 Å². The van der Waals surface area contributed by atoms with Crippen LogP contribution in [0.3, 0.4) is 0 Å². The largest absolute Gasteiger partial charge is 0.379 e. The van der Waals surface area contributed by atoms with E-state index in [1.165, 1.54) is 19.3 Å². The van der Waals surface area contributed by atoms with Gasteiger partial charge in [-0.1, -0.05) is 24.3 Å². The lowest BCUT2D eigenvalue weighted by molar-refractivity contribution is 0.0453. The summed E-state index contributed by atoms with van der Waals surface area (Å²) in [4.78, 5) is 6.72. The van der Waals surface area contributed by atoms with Crippen molar-refractivity contribution < 1.29 is 9.47 Å². The number of hydrogen-bond acceptors (Lipinski definition) is 3. The third-order valence-electron chi connectivity index (χ3n) is 3.94. The molecule has 0 atom stereocenters. The van der Waals surface area contributed by atoms with Crippen molar-refractivity contribution >= 4 is 5.96 Å². The molecule has 0 amide bonds. The van der Waals surface area contributed by atoms with Gasteiger partial charge in [-0.25, -0.2) is 4.99 Å². The molecule has 0 saturated carbocycles. The Kier molecular flexibility index (Phi) is 7.90. The maximum Gasteiger partial charge on any atom is 0.191 e. The van der Waals surface area contributed by atoms with Crippen molar-refractivity contribution in [2.24, 2.45) is 10.7 Å². The summed E-state index contributed by atoms with van der Waals surface area (Å²) in [5, 5.41) is 0. The maximum absolute atomic E-state index is 6.10. The van der Waals surface area contributed by atoms with Crippen molar-refractivity contribution in [2.75, 3.05) is 32.9 Å². The van der Waals surface area contributed by atoms with Crippen molar-refractivity contribution in [3.8, 4) is 0 Å². The number of ether oxygens (including phenoxy) is 2. The van der Waals surface area contributed by atoms with E-state index < -0.39 is 0 Å². The van der Waals surface area contributed by atoms with Crippen LogP contribution in [0.2, 0.25) is 0 Å². The van der Waals surface area contributed by atoms with Crippen LogP contribution in [-0.4, -0.2) is 43.8 Å². The summed E-state index contributed by atoms with van der Waals surface area (Å²) in [5.74, 6) is 0.670. The smallest absolute Gasteiger partial charge is 0.191 e. The molecule has 0 radical (unpaired) electrons. The van der Waals surface area contributed by atoms with E-state index in [0.29, 0.717) is 32.3 Å². The van der Waals surface area contributed by atoms with Crippen molar-refractivity contribution in [3.63, 3.8) is 0 Å². The molecule has 0 spiro atoms. The summed E-state index contributed by atoms with van der Waals surface area (Å²) in [6.07, 6.45) is 3.73. The first-order valence-electron chi connectivity index (χ1n) is 8.57. The van der Waals surface area contributed by atoms with Gasteiger partial charge in [0.15, 0.2) is 5.96 Å². The van der Waals surface area contributed by atoms with Gasteiger partial charge in [0.05, 0.1) is 26.4 Å². The second-order valence-corrected chi connectivity index (χ2v) is 5.79. The number of hydrogen-bond donors (Lipinski definition) is 1. The number of guanidine groups is 1. The van der Waals surface area contributed by atoms with E-state index >= 15 is 0 Å². The molecule has 5 heteroatoms. The minimum Gasteiger partial charge on any atom is -0.379 e. The van der Waals surface area contributed by atoms with Gasteiger partial charge in [-0.3, -0.25) is 0 Å². The van der Waals surface area contributed by atoms with Crippen LogP contribution in [-0.2, 0) is 22.6 Å². The van der Waals surface area contributed by atoms with Gasteiger partial charge in [-0.15, -0.1) is 0 Å². The summed E-state index contributed by atoms with van der Waals surface area (Å²) in [7, 11) is 0. The lowest BCUT2D eigenvalue weighted by atomic mass is 10.1. The fourth-order valence-corrected chi connectivity index (χ4v) is 2.67. The average Bonchev–Trinajstić information content (AvgIpc) is 2.60. The monoisotopic (exact) mass is 319 g/mol. The van der Waals surface area contributed by atoms with Crippen LogP contribution >= 0.6 is 0 Å². The Balaban J connectivity index is 1.79. The van der Waals surface area contributed by atoms with E-state index in [0.717, 1.165) is 30.8 Å². The molecule has 2 N–H and O–H groups in total. The highest BCUT2D eigenvalue weighted by Crippen LogP contribution is 2.10. The molecule has 1 aliphatic heterocycles. The van der Waals surface area contributed by atoms with Gasteiger partial charge in [0.2, 0.25) is 0 Å². The molecular weight excluding hydrogens is 290 g/mol. The van der Waals surface area contributed by atoms with Gasteiger partial charge >= 0.3 is 0 Å².